The first-order chi connectivity index (χ1) is 4.74. The molecule has 1 aromatic rings. The zero-order chi connectivity index (χ0) is 7.56. The molecule has 0 fully saturated rings. The normalized spacial score (nSPS) is 8.80. The van der Waals surface area contributed by atoms with Crippen LogP contribution in [0, 0.1) is 15.0 Å². The van der Waals surface area contributed by atoms with Gasteiger partial charge in [0.15, 0.2) is 0 Å². The minimum absolute atomic E-state index is 0.0908. The molecule has 10 heavy (non-hydrogen) atoms. The van der Waals surface area contributed by atoms with Crippen molar-refractivity contribution >= 4 is 22.6 Å². The second-order valence-corrected chi connectivity index (χ2v) is 2.62. The second-order valence-electron chi connectivity index (χ2n) is 1.51. The van der Waals surface area contributed by atoms with Gasteiger partial charge in [-0.15, -0.1) is 0 Å². The van der Waals surface area contributed by atoms with Gasteiger partial charge in [-0.3, -0.25) is 4.79 Å². The van der Waals surface area contributed by atoms with Crippen LogP contribution in [0.1, 0.15) is 5.69 Å². The summed E-state index contributed by atoms with van der Waals surface area (Å²) in [6, 6.07) is 1.68. The molecule has 1 heterocycles. The zero-order valence-electron chi connectivity index (χ0n) is 4.76. The zero-order valence-corrected chi connectivity index (χ0v) is 6.92. The van der Waals surface area contributed by atoms with Crippen LogP contribution in [0.25, 0.3) is 0 Å². The Morgan fingerprint density at radius 2 is 2.50 bits per heavy atom. The van der Waals surface area contributed by atoms with Crippen LogP contribution in [0.15, 0.2) is 11.0 Å². The number of hydrogen-bond acceptors (Lipinski definition) is 3. The van der Waals surface area contributed by atoms with Crippen LogP contribution in [-0.4, -0.2) is 9.97 Å². The number of nitrogens with zero attached hydrogens (tertiary/aromatic N) is 2. The van der Waals surface area contributed by atoms with Crippen LogP contribution in [0.2, 0.25) is 0 Å². The molecule has 0 aromatic carbocycles. The van der Waals surface area contributed by atoms with E-state index in [-0.39, 0.29) is 5.69 Å². The van der Waals surface area contributed by atoms with E-state index in [2.05, 4.69) is 9.97 Å². The van der Waals surface area contributed by atoms with Crippen molar-refractivity contribution in [2.45, 2.75) is 0 Å². The van der Waals surface area contributed by atoms with Crippen molar-refractivity contribution in [3.05, 3.63) is 25.9 Å². The third-order valence-electron chi connectivity index (χ3n) is 0.862. The summed E-state index contributed by atoms with van der Waals surface area (Å²) in [7, 11) is 0. The van der Waals surface area contributed by atoms with Crippen LogP contribution >= 0.6 is 22.6 Å². The van der Waals surface area contributed by atoms with Crippen LogP contribution in [0.4, 0.5) is 0 Å². The second kappa shape index (κ2) is 2.79. The Hall–Kier alpha value is -0.900. The number of rotatable bonds is 0. The smallest absolute Gasteiger partial charge is 0.284 e. The van der Waals surface area contributed by atoms with E-state index in [1.54, 1.807) is 6.07 Å². The maximum Gasteiger partial charge on any atom is 0.284 e. The Labute approximate surface area is 70.1 Å². The lowest BCUT2D eigenvalue weighted by molar-refractivity contribution is 1.07. The molecule has 4 nitrogen and oxygen atoms in total. The number of nitrogens with one attached hydrogen (secondary N) is 1. The highest BCUT2D eigenvalue weighted by molar-refractivity contribution is 14.1. The van der Waals surface area contributed by atoms with Crippen LogP contribution in [0.3, 0.4) is 0 Å². The van der Waals surface area contributed by atoms with Gasteiger partial charge in [-0.05, 0) is 22.6 Å². The summed E-state index contributed by atoms with van der Waals surface area (Å²) in [5, 5.41) is 8.31. The molecule has 0 bridgehead atoms. The number of H-pyrrole nitrogens is 1. The number of hydrogen-bond donors (Lipinski definition) is 1. The van der Waals surface area contributed by atoms with Gasteiger partial charge in [-0.25, -0.2) is 4.98 Å². The van der Waals surface area contributed by atoms with Crippen molar-refractivity contribution < 1.29 is 0 Å². The van der Waals surface area contributed by atoms with Gasteiger partial charge < -0.3 is 4.98 Å². The fourth-order valence-corrected chi connectivity index (χ4v) is 0.856. The summed E-state index contributed by atoms with van der Waals surface area (Å²) in [5.41, 5.74) is -0.533. The maximum absolute atomic E-state index is 10.7. The maximum atomic E-state index is 10.7. The van der Waals surface area contributed by atoms with Gasteiger partial charge in [0.2, 0.25) is 5.69 Å². The van der Waals surface area contributed by atoms with Gasteiger partial charge in [0.25, 0.3) is 5.56 Å². The Morgan fingerprint density at radius 1 is 1.80 bits per heavy atom. The first-order valence-corrected chi connectivity index (χ1v) is 3.47. The van der Waals surface area contributed by atoms with Gasteiger partial charge in [0.05, 0.1) is 0 Å². The predicted molar refractivity (Wildman–Crippen MR) is 42.3 cm³/mol. The summed E-state index contributed by atoms with van der Waals surface area (Å²) >= 11 is 1.91. The van der Waals surface area contributed by atoms with E-state index in [0.717, 1.165) is 0 Å². The first kappa shape index (κ1) is 7.21. The largest absolute Gasteiger partial charge is 0.324 e. The highest BCUT2D eigenvalue weighted by Crippen LogP contribution is 1.93. The Morgan fingerprint density at radius 3 is 3.00 bits per heavy atom. The molecule has 0 amide bonds. The van der Waals surface area contributed by atoms with Crippen LogP contribution in [0.5, 0.6) is 0 Å². The molecule has 5 heteroatoms. The molecule has 0 unspecified atom stereocenters. The highest BCUT2D eigenvalue weighted by atomic mass is 127. The fraction of sp³-hybridized carbons (Fsp3) is 0. The predicted octanol–water partition coefficient (Wildman–Crippen LogP) is 0.246. The van der Waals surface area contributed by atoms with E-state index >= 15 is 0 Å². The Kier molecular flexibility index (Phi) is 2.01. The van der Waals surface area contributed by atoms with Crippen molar-refractivity contribution in [3.63, 3.8) is 0 Å². The molecule has 1 rings (SSSR count). The van der Waals surface area contributed by atoms with Gasteiger partial charge in [-0.1, -0.05) is 0 Å². The lowest BCUT2D eigenvalue weighted by atomic mass is 10.5. The van der Waals surface area contributed by atoms with Gasteiger partial charge in [-0.2, -0.15) is 5.26 Å². The van der Waals surface area contributed by atoms with Crippen molar-refractivity contribution in [1.29, 1.82) is 5.26 Å². The molecule has 0 saturated heterocycles. The number of nitriles is 1. The molecule has 0 aliphatic rings. The summed E-state index contributed by atoms with van der Waals surface area (Å²) in [6.45, 7) is 0. The molecular formula is C5H2IN3O. The standard InChI is InChI=1S/C5H2IN3O/c6-4-2-8-5(10)3(1-7)9-4/h2H,(H,8,10). The van der Waals surface area contributed by atoms with Gasteiger partial charge in [0, 0.05) is 6.20 Å². The molecule has 0 spiro atoms. The number of aromatic amines is 1. The minimum atomic E-state index is -0.442. The molecule has 0 atom stereocenters. The van der Waals surface area contributed by atoms with Crippen molar-refractivity contribution in [1.82, 2.24) is 9.97 Å². The molecule has 0 aliphatic heterocycles. The third-order valence-corrected chi connectivity index (χ3v) is 1.41. The van der Waals surface area contributed by atoms with E-state index in [1.807, 2.05) is 22.6 Å². The van der Waals surface area contributed by atoms with E-state index in [4.69, 9.17) is 5.26 Å². The summed E-state index contributed by atoms with van der Waals surface area (Å²) in [4.78, 5) is 16.7. The Bertz CT molecular complexity index is 337. The van der Waals surface area contributed by atoms with E-state index in [0.29, 0.717) is 3.70 Å². The highest BCUT2D eigenvalue weighted by Gasteiger charge is 1.97. The molecule has 0 radical (unpaired) electrons. The van der Waals surface area contributed by atoms with Crippen molar-refractivity contribution in [2.75, 3.05) is 0 Å². The average Bonchev–Trinajstić information content (AvgIpc) is 1.94. The lowest BCUT2D eigenvalue weighted by Gasteiger charge is -1.86. The van der Waals surface area contributed by atoms with Crippen molar-refractivity contribution in [3.8, 4) is 6.07 Å². The van der Waals surface area contributed by atoms with Crippen LogP contribution in [-0.2, 0) is 0 Å². The topological polar surface area (TPSA) is 69.5 Å². The quantitative estimate of drug-likeness (QED) is 0.668. The molecule has 1 aromatic heterocycles. The molecule has 50 valence electrons. The molecular weight excluding hydrogens is 245 g/mol. The molecule has 0 saturated carbocycles. The number of halogens is 1. The monoisotopic (exact) mass is 247 g/mol. The first-order valence-electron chi connectivity index (χ1n) is 2.39. The van der Waals surface area contributed by atoms with Gasteiger partial charge in [0.1, 0.15) is 9.77 Å². The summed E-state index contributed by atoms with van der Waals surface area (Å²) in [6.07, 6.45) is 1.45. The fourth-order valence-electron chi connectivity index (χ4n) is 0.459. The lowest BCUT2D eigenvalue weighted by Crippen LogP contribution is -2.12. The van der Waals surface area contributed by atoms with E-state index in [9.17, 15) is 4.79 Å². The Balaban J connectivity index is 3.40. The number of aromatic nitrogens is 2. The molecule has 1 N–H and O–H groups in total. The third kappa shape index (κ3) is 1.33. The van der Waals surface area contributed by atoms with Gasteiger partial charge >= 0.3 is 0 Å². The minimum Gasteiger partial charge on any atom is -0.324 e. The van der Waals surface area contributed by atoms with E-state index in [1.165, 1.54) is 6.20 Å². The summed E-state index contributed by atoms with van der Waals surface area (Å²) in [5.74, 6) is 0. The summed E-state index contributed by atoms with van der Waals surface area (Å²) < 4.78 is 0.605. The molecule has 0 aliphatic carbocycles. The van der Waals surface area contributed by atoms with E-state index < -0.39 is 5.56 Å². The van der Waals surface area contributed by atoms with Crippen molar-refractivity contribution in [2.24, 2.45) is 0 Å². The SMILES string of the molecule is N#Cc1nc(I)c[nH]c1=O. The van der Waals surface area contributed by atoms with Crippen LogP contribution < -0.4 is 5.56 Å². The average molecular weight is 247 g/mol.